The van der Waals surface area contributed by atoms with E-state index >= 15 is 4.39 Å². The summed E-state index contributed by atoms with van der Waals surface area (Å²) in [6.07, 6.45) is 8.08. The van der Waals surface area contributed by atoms with Crippen LogP contribution in [-0.2, 0) is 58.2 Å². The third-order valence-electron chi connectivity index (χ3n) is 8.48. The van der Waals surface area contributed by atoms with Gasteiger partial charge in [-0.2, -0.15) is 10.4 Å². The molecule has 3 aromatic carbocycles. The number of nitrogens with zero attached hydrogens (tertiary/aromatic N) is 4. The summed E-state index contributed by atoms with van der Waals surface area (Å²) >= 11 is 1.22. The van der Waals surface area contributed by atoms with Crippen LogP contribution in [0.2, 0.25) is 0 Å². The molecule has 0 amide bonds. The summed E-state index contributed by atoms with van der Waals surface area (Å²) in [6.45, 7) is 1.67. The van der Waals surface area contributed by atoms with Crippen molar-refractivity contribution in [3.63, 3.8) is 0 Å². The van der Waals surface area contributed by atoms with E-state index in [4.69, 9.17) is 29.1 Å². The van der Waals surface area contributed by atoms with E-state index in [1.54, 1.807) is 25.2 Å². The molecule has 1 unspecified atom stereocenters. The average molecular weight is 851 g/mol. The van der Waals surface area contributed by atoms with Gasteiger partial charge in [0.25, 0.3) is 7.82 Å². The maximum atomic E-state index is 16.0. The zero-order valence-electron chi connectivity index (χ0n) is 31.3. The molecule has 0 spiro atoms. The Morgan fingerprint density at radius 2 is 1.88 bits per heavy atom. The molecule has 4 aromatic rings. The summed E-state index contributed by atoms with van der Waals surface area (Å²) in [5.41, 5.74) is -1.68. The molecule has 300 valence electrons. The molecule has 0 radical (unpaired) electrons. The molecule has 1 saturated heterocycles. The van der Waals surface area contributed by atoms with Gasteiger partial charge in [0.15, 0.2) is 11.9 Å². The van der Waals surface area contributed by atoms with E-state index in [0.717, 1.165) is 25.1 Å². The van der Waals surface area contributed by atoms with E-state index in [-0.39, 0.29) is 82.7 Å². The summed E-state index contributed by atoms with van der Waals surface area (Å²) in [5, 5.41) is 11.8. The summed E-state index contributed by atoms with van der Waals surface area (Å²) in [6, 6.07) is 12.7. The minimum atomic E-state index is -5.16. The first kappa shape index (κ1) is 46.6. The van der Waals surface area contributed by atoms with E-state index in [2.05, 4.69) is 14.6 Å². The van der Waals surface area contributed by atoms with Gasteiger partial charge in [-0.1, -0.05) is 36.4 Å². The molecular weight excluding hydrogens is 815 g/mol. The third-order valence-corrected chi connectivity index (χ3v) is 10.4. The number of phosphoric ester groups is 1. The Morgan fingerprint density at radius 3 is 2.52 bits per heavy atom. The number of thioether (sulfide) groups is 1. The predicted octanol–water partition coefficient (Wildman–Crippen LogP) is 2.50. The van der Waals surface area contributed by atoms with Gasteiger partial charge in [-0.05, 0) is 48.9 Å². The molecule has 14 nitrogen and oxygen atoms in total. The first-order valence-corrected chi connectivity index (χ1v) is 19.5. The van der Waals surface area contributed by atoms with Crippen LogP contribution < -0.4 is 34.5 Å². The standard InChI is InChI=1S/C38H36F3N4O10PS.Na/c1-24(57-31-19-52-36(53-20-31)6-4-3-5-28-9-7-26(16-42)14-34(28)40)38(21-45-23-43-22-44-45,33-12-11-30(39)15-35(33)41)55-37(47)32-13-27(17-54-56(48,49)50)8-10-29(32)18-51-25(2)46;/h3-15,22-24,31,36H,17-21H2,1-2H3,(H2,48,49,50);/q;+1/p-1/b5-3+,6-4+;/t24-,31-,36-,38-;/m1./s1. The molecule has 1 fully saturated rings. The fraction of sp³-hybridized carbons (Fsp3) is 0.289. The quantitative estimate of drug-likeness (QED) is 0.0748. The number of nitriles is 1. The molecule has 1 aliphatic heterocycles. The van der Waals surface area contributed by atoms with Crippen molar-refractivity contribution in [1.82, 2.24) is 14.8 Å². The molecule has 0 saturated carbocycles. The van der Waals surface area contributed by atoms with Crippen LogP contribution in [0.5, 0.6) is 0 Å². The van der Waals surface area contributed by atoms with Gasteiger partial charge in [0.1, 0.15) is 36.7 Å². The van der Waals surface area contributed by atoms with Crippen molar-refractivity contribution in [2.75, 3.05) is 13.2 Å². The van der Waals surface area contributed by atoms with E-state index in [0.29, 0.717) is 6.07 Å². The van der Waals surface area contributed by atoms with Crippen molar-refractivity contribution in [3.05, 3.63) is 136 Å². The van der Waals surface area contributed by atoms with Crippen LogP contribution in [0, 0.1) is 28.8 Å². The van der Waals surface area contributed by atoms with Crippen LogP contribution in [0.25, 0.3) is 6.08 Å². The molecule has 1 aliphatic rings. The predicted molar refractivity (Wildman–Crippen MR) is 196 cm³/mol. The van der Waals surface area contributed by atoms with E-state index in [9.17, 15) is 27.8 Å². The van der Waals surface area contributed by atoms with Crippen LogP contribution in [0.15, 0.2) is 85.5 Å². The number of phosphoric acid groups is 1. The number of carbonyl (C=O) groups excluding carboxylic acids is 2. The number of aromatic nitrogens is 3. The van der Waals surface area contributed by atoms with Gasteiger partial charge in [-0.15, -0.1) is 11.8 Å². The molecule has 3 atom stereocenters. The number of rotatable bonds is 16. The van der Waals surface area contributed by atoms with Crippen LogP contribution in [0.3, 0.4) is 0 Å². The Balaban J connectivity index is 0.00000744. The number of hydrogen-bond donors (Lipinski definition) is 1. The van der Waals surface area contributed by atoms with E-state index in [1.807, 2.05) is 6.07 Å². The minimum Gasteiger partial charge on any atom is -0.756 e. The van der Waals surface area contributed by atoms with Crippen LogP contribution >= 0.6 is 19.6 Å². The Hall–Kier alpha value is -4.12. The van der Waals surface area contributed by atoms with Crippen LogP contribution in [0.1, 0.15) is 52.0 Å². The molecule has 0 aliphatic carbocycles. The zero-order chi connectivity index (χ0) is 41.2. The SMILES string of the molecule is CC(=O)OCc1ccc(COP(=O)([O-])O)cc1C(=O)O[C@@](Cn1cncn1)(c1ccc(F)cc1F)[C@@H](C)S[C@H]1CO[C@H](/C=C/C=C/c2ccc(C#N)cc2F)OC1.[Na+]. The molecular formula is C38H35F3N4NaO10PS. The molecule has 0 bridgehead atoms. The second-order valence-corrected chi connectivity index (χ2v) is 15.4. The number of ether oxygens (including phenoxy) is 4. The summed E-state index contributed by atoms with van der Waals surface area (Å²) < 4.78 is 84.8. The normalized spacial score (nSPS) is 18.1. The molecule has 58 heavy (non-hydrogen) atoms. The van der Waals surface area contributed by atoms with Crippen molar-refractivity contribution < 1.29 is 90.1 Å². The number of benzene rings is 3. The fourth-order valence-electron chi connectivity index (χ4n) is 5.71. The first-order valence-electron chi connectivity index (χ1n) is 17.0. The van der Waals surface area contributed by atoms with Crippen molar-refractivity contribution in [2.45, 2.75) is 56.0 Å². The van der Waals surface area contributed by atoms with Gasteiger partial charge in [0.05, 0.1) is 48.8 Å². The summed E-state index contributed by atoms with van der Waals surface area (Å²) in [7, 11) is -5.16. The van der Waals surface area contributed by atoms with Gasteiger partial charge >= 0.3 is 41.5 Å². The minimum absolute atomic E-state index is 0. The molecule has 2 heterocycles. The second-order valence-electron chi connectivity index (χ2n) is 12.5. The number of halogens is 3. The Kier molecular flexibility index (Phi) is 17.0. The van der Waals surface area contributed by atoms with Crippen molar-refractivity contribution >= 4 is 37.6 Å². The van der Waals surface area contributed by atoms with Gasteiger partial charge in [0.2, 0.25) is 0 Å². The largest absolute Gasteiger partial charge is 1.00 e. The fourth-order valence-corrected chi connectivity index (χ4v) is 7.38. The molecule has 5 rings (SSSR count). The number of allylic oxidation sites excluding steroid dienone is 2. The van der Waals surface area contributed by atoms with Crippen LogP contribution in [-0.4, -0.2) is 61.6 Å². The van der Waals surface area contributed by atoms with Crippen molar-refractivity contribution in [2.24, 2.45) is 0 Å². The second kappa shape index (κ2) is 21.2. The Bertz CT molecular complexity index is 2210. The topological polar surface area (TPSA) is 195 Å². The zero-order valence-corrected chi connectivity index (χ0v) is 35.0. The number of esters is 2. The third kappa shape index (κ3) is 12.9. The smallest absolute Gasteiger partial charge is 0.756 e. The molecule has 1 N–H and O–H groups in total. The maximum Gasteiger partial charge on any atom is 1.00 e. The average Bonchev–Trinajstić information content (AvgIpc) is 3.68. The first-order chi connectivity index (χ1) is 27.2. The van der Waals surface area contributed by atoms with E-state index < -0.39 is 72.8 Å². The number of hydrogen-bond acceptors (Lipinski definition) is 13. The van der Waals surface area contributed by atoms with Gasteiger partial charge in [-0.3, -0.25) is 9.36 Å². The van der Waals surface area contributed by atoms with E-state index in [1.165, 1.54) is 65.5 Å². The molecule has 1 aromatic heterocycles. The van der Waals surface area contributed by atoms with Crippen molar-refractivity contribution in [3.8, 4) is 6.07 Å². The van der Waals surface area contributed by atoms with Gasteiger partial charge < -0.3 is 33.3 Å². The van der Waals surface area contributed by atoms with Crippen LogP contribution in [0.4, 0.5) is 13.2 Å². The maximum absolute atomic E-state index is 16.0. The van der Waals surface area contributed by atoms with Crippen molar-refractivity contribution in [1.29, 1.82) is 5.26 Å². The van der Waals surface area contributed by atoms with Gasteiger partial charge in [-0.25, -0.2) is 27.6 Å². The Morgan fingerprint density at radius 1 is 1.12 bits per heavy atom. The van der Waals surface area contributed by atoms with Gasteiger partial charge in [0, 0.05) is 34.9 Å². The Labute approximate surface area is 357 Å². The monoisotopic (exact) mass is 850 g/mol. The summed E-state index contributed by atoms with van der Waals surface area (Å²) in [4.78, 5) is 50.4. The number of carbonyl (C=O) groups is 2. The summed E-state index contributed by atoms with van der Waals surface area (Å²) in [5.74, 6) is -4.22. The molecule has 20 heteroatoms.